The fourth-order valence-corrected chi connectivity index (χ4v) is 0.662. The van der Waals surface area contributed by atoms with E-state index in [1.54, 1.807) is 0 Å². The van der Waals surface area contributed by atoms with Crippen LogP contribution in [0.2, 0.25) is 0 Å². The third-order valence-electron chi connectivity index (χ3n) is 1.45. The van der Waals surface area contributed by atoms with E-state index in [4.69, 9.17) is 5.73 Å². The van der Waals surface area contributed by atoms with Crippen LogP contribution in [0.25, 0.3) is 0 Å². The molecule has 0 saturated carbocycles. The Labute approximate surface area is 77.9 Å². The van der Waals surface area contributed by atoms with Gasteiger partial charge >= 0.3 is 6.18 Å². The Morgan fingerprint density at radius 1 is 1.50 bits per heavy atom. The van der Waals surface area contributed by atoms with Crippen molar-refractivity contribution in [1.82, 2.24) is 9.97 Å². The van der Waals surface area contributed by atoms with Crippen molar-refractivity contribution >= 4 is 5.69 Å². The SMILES string of the molecule is CC(Oc1ncncc1N)C(F)(F)F. The molecular weight excluding hydrogens is 199 g/mol. The highest BCUT2D eigenvalue weighted by molar-refractivity contribution is 5.44. The lowest BCUT2D eigenvalue weighted by Gasteiger charge is -2.17. The van der Waals surface area contributed by atoms with Crippen molar-refractivity contribution in [3.05, 3.63) is 12.5 Å². The third kappa shape index (κ3) is 2.48. The van der Waals surface area contributed by atoms with E-state index in [-0.39, 0.29) is 11.6 Å². The maximum absolute atomic E-state index is 12.1. The van der Waals surface area contributed by atoms with Gasteiger partial charge in [-0.25, -0.2) is 4.98 Å². The lowest BCUT2D eigenvalue weighted by molar-refractivity contribution is -0.189. The quantitative estimate of drug-likeness (QED) is 0.795. The van der Waals surface area contributed by atoms with Gasteiger partial charge in [0, 0.05) is 0 Å². The fraction of sp³-hybridized carbons (Fsp3) is 0.429. The van der Waals surface area contributed by atoms with Crippen molar-refractivity contribution in [3.63, 3.8) is 0 Å². The molecule has 0 aromatic carbocycles. The van der Waals surface area contributed by atoms with E-state index in [1.165, 1.54) is 6.20 Å². The van der Waals surface area contributed by atoms with Gasteiger partial charge < -0.3 is 10.5 Å². The van der Waals surface area contributed by atoms with Crippen LogP contribution < -0.4 is 10.5 Å². The van der Waals surface area contributed by atoms with Gasteiger partial charge in [0.2, 0.25) is 5.88 Å². The largest absolute Gasteiger partial charge is 0.463 e. The van der Waals surface area contributed by atoms with Crippen molar-refractivity contribution in [2.45, 2.75) is 19.2 Å². The summed E-state index contributed by atoms with van der Waals surface area (Å²) in [6, 6.07) is 0. The molecule has 78 valence electrons. The molecule has 4 nitrogen and oxygen atoms in total. The smallest absolute Gasteiger partial charge is 0.425 e. The Bertz CT molecular complexity index is 315. The molecule has 1 heterocycles. The minimum absolute atomic E-state index is 0.0244. The Kier molecular flexibility index (Phi) is 2.78. The summed E-state index contributed by atoms with van der Waals surface area (Å²) in [6.45, 7) is 0.877. The van der Waals surface area contributed by atoms with Crippen molar-refractivity contribution < 1.29 is 17.9 Å². The van der Waals surface area contributed by atoms with Crippen LogP contribution >= 0.6 is 0 Å². The molecule has 14 heavy (non-hydrogen) atoms. The lowest BCUT2D eigenvalue weighted by atomic mass is 10.4. The van der Waals surface area contributed by atoms with Gasteiger partial charge in [-0.1, -0.05) is 0 Å². The van der Waals surface area contributed by atoms with Gasteiger partial charge in [-0.3, -0.25) is 0 Å². The second kappa shape index (κ2) is 3.69. The van der Waals surface area contributed by atoms with Crippen molar-refractivity contribution in [1.29, 1.82) is 0 Å². The van der Waals surface area contributed by atoms with Gasteiger partial charge in [-0.15, -0.1) is 0 Å². The number of nitrogens with two attached hydrogens (primary N) is 1. The maximum atomic E-state index is 12.1. The number of aromatic nitrogens is 2. The molecule has 1 aromatic rings. The molecule has 0 amide bonds. The number of nitrogen functional groups attached to an aromatic ring is 1. The molecule has 7 heteroatoms. The van der Waals surface area contributed by atoms with Gasteiger partial charge in [0.05, 0.1) is 6.20 Å². The first-order valence-electron chi connectivity index (χ1n) is 3.70. The van der Waals surface area contributed by atoms with E-state index in [9.17, 15) is 13.2 Å². The molecule has 0 radical (unpaired) electrons. The molecule has 0 aliphatic heterocycles. The summed E-state index contributed by atoms with van der Waals surface area (Å²) < 4.78 is 40.7. The zero-order valence-corrected chi connectivity index (χ0v) is 7.25. The van der Waals surface area contributed by atoms with Crippen LogP contribution in [0.3, 0.4) is 0 Å². The Balaban J connectivity index is 2.75. The number of hydrogen-bond donors (Lipinski definition) is 1. The predicted molar refractivity (Wildman–Crippen MR) is 42.6 cm³/mol. The van der Waals surface area contributed by atoms with E-state index < -0.39 is 12.3 Å². The molecule has 1 rings (SSSR count). The first-order chi connectivity index (χ1) is 6.41. The number of rotatable bonds is 2. The first-order valence-corrected chi connectivity index (χ1v) is 3.70. The standard InChI is InChI=1S/C7H8F3N3O/c1-4(7(8,9)10)14-6-5(11)2-12-3-13-6/h2-4H,11H2,1H3. The minimum atomic E-state index is -4.43. The second-order valence-electron chi connectivity index (χ2n) is 2.58. The number of hydrogen-bond acceptors (Lipinski definition) is 4. The Hall–Kier alpha value is -1.53. The van der Waals surface area contributed by atoms with E-state index in [1.807, 2.05) is 0 Å². The molecule has 0 spiro atoms. The molecule has 2 N–H and O–H groups in total. The predicted octanol–water partition coefficient (Wildman–Crippen LogP) is 1.39. The van der Waals surface area contributed by atoms with Gasteiger partial charge in [0.25, 0.3) is 0 Å². The van der Waals surface area contributed by atoms with Crippen molar-refractivity contribution in [2.75, 3.05) is 5.73 Å². The minimum Gasteiger partial charge on any atom is -0.463 e. The number of anilines is 1. The van der Waals surface area contributed by atoms with E-state index in [0.29, 0.717) is 0 Å². The monoisotopic (exact) mass is 207 g/mol. The third-order valence-corrected chi connectivity index (χ3v) is 1.45. The van der Waals surface area contributed by atoms with E-state index >= 15 is 0 Å². The molecule has 0 fully saturated rings. The molecule has 0 aliphatic carbocycles. The van der Waals surface area contributed by atoms with Crippen LogP contribution in [0.1, 0.15) is 6.92 Å². The first kappa shape index (κ1) is 10.6. The van der Waals surface area contributed by atoms with Crippen LogP contribution in [0.15, 0.2) is 12.5 Å². The van der Waals surface area contributed by atoms with Crippen LogP contribution in [0.4, 0.5) is 18.9 Å². The highest BCUT2D eigenvalue weighted by Crippen LogP contribution is 2.25. The summed E-state index contributed by atoms with van der Waals surface area (Å²) in [6.07, 6.45) is -4.14. The van der Waals surface area contributed by atoms with E-state index in [2.05, 4.69) is 14.7 Å². The summed E-state index contributed by atoms with van der Waals surface area (Å²) in [5, 5.41) is 0. The molecule has 0 aliphatic rings. The highest BCUT2D eigenvalue weighted by Gasteiger charge is 2.38. The molecule has 1 aromatic heterocycles. The normalized spacial score (nSPS) is 13.7. The number of ether oxygens (including phenoxy) is 1. The van der Waals surface area contributed by atoms with Crippen LogP contribution in [-0.4, -0.2) is 22.2 Å². The summed E-state index contributed by atoms with van der Waals surface area (Å²) in [7, 11) is 0. The zero-order chi connectivity index (χ0) is 10.8. The Morgan fingerprint density at radius 3 is 2.64 bits per heavy atom. The topological polar surface area (TPSA) is 61.0 Å². The lowest BCUT2D eigenvalue weighted by Crippen LogP contribution is -2.31. The summed E-state index contributed by atoms with van der Waals surface area (Å²) in [5.74, 6) is -0.259. The van der Waals surface area contributed by atoms with Crippen LogP contribution in [0, 0.1) is 0 Å². The zero-order valence-electron chi connectivity index (χ0n) is 7.25. The summed E-state index contributed by atoms with van der Waals surface area (Å²) >= 11 is 0. The summed E-state index contributed by atoms with van der Waals surface area (Å²) in [4.78, 5) is 6.99. The van der Waals surface area contributed by atoms with Gasteiger partial charge in [0.1, 0.15) is 12.0 Å². The maximum Gasteiger partial charge on any atom is 0.425 e. The Morgan fingerprint density at radius 2 is 2.14 bits per heavy atom. The average molecular weight is 207 g/mol. The molecular formula is C7H8F3N3O. The van der Waals surface area contributed by atoms with E-state index in [0.717, 1.165) is 13.3 Å². The number of halogens is 3. The number of nitrogens with zero attached hydrogens (tertiary/aromatic N) is 2. The average Bonchev–Trinajstić information content (AvgIpc) is 2.07. The highest BCUT2D eigenvalue weighted by atomic mass is 19.4. The van der Waals surface area contributed by atoms with Gasteiger partial charge in [-0.05, 0) is 6.92 Å². The molecule has 1 atom stereocenters. The summed E-state index contributed by atoms with van der Waals surface area (Å²) in [5.41, 5.74) is 5.27. The molecule has 1 unspecified atom stereocenters. The van der Waals surface area contributed by atoms with Gasteiger partial charge in [0.15, 0.2) is 6.10 Å². The van der Waals surface area contributed by atoms with Crippen molar-refractivity contribution in [3.8, 4) is 5.88 Å². The number of alkyl halides is 3. The van der Waals surface area contributed by atoms with Crippen LogP contribution in [-0.2, 0) is 0 Å². The van der Waals surface area contributed by atoms with Gasteiger partial charge in [-0.2, -0.15) is 18.2 Å². The second-order valence-corrected chi connectivity index (χ2v) is 2.58. The van der Waals surface area contributed by atoms with Crippen LogP contribution in [0.5, 0.6) is 5.88 Å². The van der Waals surface area contributed by atoms with Crippen molar-refractivity contribution in [2.24, 2.45) is 0 Å². The fourth-order valence-electron chi connectivity index (χ4n) is 0.662. The molecule has 0 bridgehead atoms. The molecule has 0 saturated heterocycles.